The van der Waals surface area contributed by atoms with Gasteiger partial charge in [-0.25, -0.2) is 9.37 Å². The molecule has 0 spiro atoms. The topological polar surface area (TPSA) is 89.0 Å². The number of hydrogen-bond acceptors (Lipinski definition) is 5. The van der Waals surface area contributed by atoms with Gasteiger partial charge in [-0.3, -0.25) is 0 Å². The van der Waals surface area contributed by atoms with E-state index in [1.807, 2.05) is 19.1 Å². The number of nitrogens with zero attached hydrogens (tertiary/aromatic N) is 1. The number of benzene rings is 1. The molecule has 1 saturated heterocycles. The standard InChI is InChI=1S/C21H30FN5/c1-14-7-18(27-21(24)8-14)10-16-11-26-12-19(16)20(23)13-25-6-5-15-3-2-4-17(22)9-15/h2-4,7-9,16,19-20,25-26H,5-6,10-13,23H2,1H3,(H2,24,27)/t16-,19?,20?/m1/s1. The molecule has 2 heterocycles. The number of aromatic nitrogens is 1. The minimum absolute atomic E-state index is 0.0691. The van der Waals surface area contributed by atoms with Crippen molar-refractivity contribution in [2.75, 3.05) is 31.9 Å². The Bertz CT molecular complexity index is 731. The van der Waals surface area contributed by atoms with E-state index in [2.05, 4.69) is 21.7 Å². The van der Waals surface area contributed by atoms with Gasteiger partial charge in [-0.1, -0.05) is 12.1 Å². The third kappa shape index (κ3) is 5.73. The zero-order chi connectivity index (χ0) is 19.2. The molecule has 5 nitrogen and oxygen atoms in total. The molecule has 1 aliphatic rings. The fraction of sp³-hybridized carbons (Fsp3) is 0.476. The predicted molar refractivity (Wildman–Crippen MR) is 108 cm³/mol. The van der Waals surface area contributed by atoms with E-state index < -0.39 is 0 Å². The summed E-state index contributed by atoms with van der Waals surface area (Å²) in [5.41, 5.74) is 15.5. The first-order valence-corrected chi connectivity index (χ1v) is 9.66. The van der Waals surface area contributed by atoms with Gasteiger partial charge in [-0.05, 0) is 86.6 Å². The minimum Gasteiger partial charge on any atom is -0.384 e. The van der Waals surface area contributed by atoms with Crippen molar-refractivity contribution in [3.05, 3.63) is 59.0 Å². The van der Waals surface area contributed by atoms with Gasteiger partial charge in [0.15, 0.2) is 0 Å². The molecule has 1 aromatic carbocycles. The molecular weight excluding hydrogens is 341 g/mol. The maximum Gasteiger partial charge on any atom is 0.123 e. The van der Waals surface area contributed by atoms with Gasteiger partial charge in [-0.15, -0.1) is 0 Å². The highest BCUT2D eigenvalue weighted by molar-refractivity contribution is 5.34. The summed E-state index contributed by atoms with van der Waals surface area (Å²) in [5.74, 6) is 1.25. The van der Waals surface area contributed by atoms with E-state index in [1.165, 1.54) is 6.07 Å². The van der Waals surface area contributed by atoms with Crippen molar-refractivity contribution in [1.29, 1.82) is 0 Å². The first-order valence-electron chi connectivity index (χ1n) is 9.66. The van der Waals surface area contributed by atoms with E-state index in [1.54, 1.807) is 12.1 Å². The lowest BCUT2D eigenvalue weighted by Gasteiger charge is -2.25. The molecule has 0 bridgehead atoms. The number of pyridine rings is 1. The van der Waals surface area contributed by atoms with E-state index >= 15 is 0 Å². The molecule has 1 aliphatic heterocycles. The van der Waals surface area contributed by atoms with Crippen LogP contribution in [-0.4, -0.2) is 37.2 Å². The quantitative estimate of drug-likeness (QED) is 0.530. The molecule has 0 amide bonds. The normalized spacial score (nSPS) is 20.7. The molecule has 0 aliphatic carbocycles. The van der Waals surface area contributed by atoms with Crippen LogP contribution in [0.5, 0.6) is 0 Å². The van der Waals surface area contributed by atoms with E-state index in [0.717, 1.165) is 55.8 Å². The van der Waals surface area contributed by atoms with E-state index in [9.17, 15) is 4.39 Å². The van der Waals surface area contributed by atoms with Crippen LogP contribution in [0.4, 0.5) is 10.2 Å². The Labute approximate surface area is 160 Å². The third-order valence-corrected chi connectivity index (χ3v) is 5.32. The van der Waals surface area contributed by atoms with Crippen molar-refractivity contribution in [2.24, 2.45) is 17.6 Å². The average molecular weight is 372 g/mol. The first kappa shape index (κ1) is 19.7. The van der Waals surface area contributed by atoms with Crippen LogP contribution in [-0.2, 0) is 12.8 Å². The van der Waals surface area contributed by atoms with Crippen LogP contribution in [0.2, 0.25) is 0 Å². The SMILES string of the molecule is Cc1cc(N)nc(C[C@@H]2CNCC2C(N)CNCCc2cccc(F)c2)c1. The fourth-order valence-corrected chi connectivity index (χ4v) is 3.96. The van der Waals surface area contributed by atoms with Gasteiger partial charge >= 0.3 is 0 Å². The molecule has 2 unspecified atom stereocenters. The van der Waals surface area contributed by atoms with Gasteiger partial charge in [0.25, 0.3) is 0 Å². The number of hydrogen-bond donors (Lipinski definition) is 4. The summed E-state index contributed by atoms with van der Waals surface area (Å²) in [7, 11) is 0. The number of nitrogen functional groups attached to an aromatic ring is 1. The summed E-state index contributed by atoms with van der Waals surface area (Å²) in [6, 6.07) is 10.8. The fourth-order valence-electron chi connectivity index (χ4n) is 3.96. The van der Waals surface area contributed by atoms with Crippen molar-refractivity contribution in [1.82, 2.24) is 15.6 Å². The summed E-state index contributed by atoms with van der Waals surface area (Å²) in [5, 5.41) is 6.89. The maximum atomic E-state index is 13.2. The van der Waals surface area contributed by atoms with Crippen LogP contribution in [0.15, 0.2) is 36.4 Å². The minimum atomic E-state index is -0.186. The number of anilines is 1. The second-order valence-electron chi connectivity index (χ2n) is 7.59. The molecule has 0 radical (unpaired) electrons. The number of nitrogens with two attached hydrogens (primary N) is 2. The van der Waals surface area contributed by atoms with Crippen LogP contribution in [0.3, 0.4) is 0 Å². The summed E-state index contributed by atoms with van der Waals surface area (Å²) in [6.07, 6.45) is 1.68. The molecule has 2 aromatic rings. The summed E-state index contributed by atoms with van der Waals surface area (Å²) >= 11 is 0. The Kier molecular flexibility index (Phi) is 6.77. The van der Waals surface area contributed by atoms with Gasteiger partial charge in [-0.2, -0.15) is 0 Å². The highest BCUT2D eigenvalue weighted by Gasteiger charge is 2.32. The van der Waals surface area contributed by atoms with Crippen LogP contribution in [0.1, 0.15) is 16.8 Å². The highest BCUT2D eigenvalue weighted by Crippen LogP contribution is 2.24. The van der Waals surface area contributed by atoms with Gasteiger partial charge in [0.2, 0.25) is 0 Å². The number of halogens is 1. The molecule has 1 aromatic heterocycles. The van der Waals surface area contributed by atoms with Crippen LogP contribution < -0.4 is 22.1 Å². The molecule has 3 rings (SSSR count). The Morgan fingerprint density at radius 1 is 1.30 bits per heavy atom. The van der Waals surface area contributed by atoms with Crippen LogP contribution >= 0.6 is 0 Å². The largest absolute Gasteiger partial charge is 0.384 e. The summed E-state index contributed by atoms with van der Waals surface area (Å²) in [4.78, 5) is 4.47. The molecule has 146 valence electrons. The summed E-state index contributed by atoms with van der Waals surface area (Å²) in [6.45, 7) is 5.47. The van der Waals surface area contributed by atoms with E-state index in [4.69, 9.17) is 11.5 Å². The van der Waals surface area contributed by atoms with Gasteiger partial charge < -0.3 is 22.1 Å². The number of nitrogens with one attached hydrogen (secondary N) is 2. The van der Waals surface area contributed by atoms with Crippen molar-refractivity contribution < 1.29 is 4.39 Å². The van der Waals surface area contributed by atoms with Crippen LogP contribution in [0.25, 0.3) is 0 Å². The van der Waals surface area contributed by atoms with E-state index in [-0.39, 0.29) is 11.9 Å². The summed E-state index contributed by atoms with van der Waals surface area (Å²) < 4.78 is 13.2. The van der Waals surface area contributed by atoms with Crippen molar-refractivity contribution in [3.8, 4) is 0 Å². The Hall–Kier alpha value is -2.02. The molecule has 3 atom stereocenters. The zero-order valence-corrected chi connectivity index (χ0v) is 15.9. The Morgan fingerprint density at radius 3 is 2.93 bits per heavy atom. The monoisotopic (exact) mass is 371 g/mol. The molecule has 27 heavy (non-hydrogen) atoms. The van der Waals surface area contributed by atoms with Crippen LogP contribution in [0, 0.1) is 24.6 Å². The van der Waals surface area contributed by atoms with Crippen molar-refractivity contribution in [2.45, 2.75) is 25.8 Å². The first-order chi connectivity index (χ1) is 13.0. The van der Waals surface area contributed by atoms with Gasteiger partial charge in [0.05, 0.1) is 0 Å². The molecular formula is C21H30FN5. The molecule has 6 heteroatoms. The lowest BCUT2D eigenvalue weighted by molar-refractivity contribution is 0.336. The smallest absolute Gasteiger partial charge is 0.123 e. The van der Waals surface area contributed by atoms with Gasteiger partial charge in [0, 0.05) is 18.3 Å². The molecule has 6 N–H and O–H groups in total. The Balaban J connectivity index is 1.47. The molecule has 0 saturated carbocycles. The van der Waals surface area contributed by atoms with Gasteiger partial charge in [0.1, 0.15) is 11.6 Å². The lowest BCUT2D eigenvalue weighted by Crippen LogP contribution is -2.44. The number of aryl methyl sites for hydroxylation is 1. The van der Waals surface area contributed by atoms with Crippen molar-refractivity contribution in [3.63, 3.8) is 0 Å². The van der Waals surface area contributed by atoms with Crippen molar-refractivity contribution >= 4 is 5.82 Å². The number of rotatable bonds is 8. The average Bonchev–Trinajstić information content (AvgIpc) is 3.06. The highest BCUT2D eigenvalue weighted by atomic mass is 19.1. The van der Waals surface area contributed by atoms with E-state index in [0.29, 0.717) is 17.7 Å². The maximum absolute atomic E-state index is 13.2. The zero-order valence-electron chi connectivity index (χ0n) is 15.9. The lowest BCUT2D eigenvalue weighted by atomic mass is 9.86. The third-order valence-electron chi connectivity index (χ3n) is 5.32. The Morgan fingerprint density at radius 2 is 2.15 bits per heavy atom. The second kappa shape index (κ2) is 9.26. The molecule has 1 fully saturated rings. The second-order valence-corrected chi connectivity index (χ2v) is 7.59. The predicted octanol–water partition coefficient (Wildman–Crippen LogP) is 1.65.